The Kier molecular flexibility index (Phi) is 5.36. The molecule has 1 aliphatic rings. The van der Waals surface area contributed by atoms with Gasteiger partial charge in [-0.25, -0.2) is 14.4 Å². The van der Waals surface area contributed by atoms with Crippen molar-refractivity contribution in [3.63, 3.8) is 0 Å². The van der Waals surface area contributed by atoms with Crippen LogP contribution in [0.25, 0.3) is 11.3 Å². The number of thioether (sulfide) groups is 1. The summed E-state index contributed by atoms with van der Waals surface area (Å²) in [6.45, 7) is 1.50. The number of nitrogens with one attached hydrogen (secondary N) is 3. The van der Waals surface area contributed by atoms with Gasteiger partial charge in [-0.2, -0.15) is 0 Å². The van der Waals surface area contributed by atoms with Crippen LogP contribution in [0, 0.1) is 5.82 Å². The molecule has 9 heteroatoms. The molecule has 1 atom stereocenters. The van der Waals surface area contributed by atoms with Crippen LogP contribution >= 0.6 is 23.7 Å². The van der Waals surface area contributed by atoms with E-state index in [1.807, 2.05) is 24.3 Å². The number of benzene rings is 2. The summed E-state index contributed by atoms with van der Waals surface area (Å²) in [5.74, 6) is 0.115. The van der Waals surface area contributed by atoms with Gasteiger partial charge in [0.2, 0.25) is 11.9 Å². The molecule has 0 saturated carbocycles. The summed E-state index contributed by atoms with van der Waals surface area (Å²) in [6.07, 6.45) is 1.69. The van der Waals surface area contributed by atoms with E-state index in [-0.39, 0.29) is 17.2 Å². The van der Waals surface area contributed by atoms with Crippen molar-refractivity contribution in [2.45, 2.75) is 22.2 Å². The number of aromatic nitrogens is 2. The van der Waals surface area contributed by atoms with E-state index in [4.69, 9.17) is 0 Å². The van der Waals surface area contributed by atoms with Gasteiger partial charge >= 0.3 is 0 Å². The smallest absolute Gasteiger partial charge is 0.233 e. The zero-order valence-electron chi connectivity index (χ0n) is 14.8. The van der Waals surface area contributed by atoms with Gasteiger partial charge in [0.25, 0.3) is 0 Å². The van der Waals surface area contributed by atoms with Crippen LogP contribution in [0.3, 0.4) is 0 Å². The van der Waals surface area contributed by atoms with Crippen molar-refractivity contribution in [3.8, 4) is 11.3 Å². The molecule has 1 unspecified atom stereocenters. The van der Waals surface area contributed by atoms with Crippen molar-refractivity contribution in [3.05, 3.63) is 60.5 Å². The molecule has 4 rings (SSSR count). The van der Waals surface area contributed by atoms with E-state index in [0.29, 0.717) is 5.95 Å². The molecule has 28 heavy (non-hydrogen) atoms. The van der Waals surface area contributed by atoms with Gasteiger partial charge in [0.05, 0.1) is 11.4 Å². The molecule has 0 aliphatic carbocycles. The lowest BCUT2D eigenvalue weighted by Crippen LogP contribution is -2.33. The molecule has 1 aromatic heterocycles. The number of amides is 1. The highest BCUT2D eigenvalue weighted by Crippen LogP contribution is 2.39. The Labute approximate surface area is 169 Å². The van der Waals surface area contributed by atoms with Crippen molar-refractivity contribution < 1.29 is 9.18 Å². The average Bonchev–Trinajstić information content (AvgIpc) is 3.08. The van der Waals surface area contributed by atoms with Crippen LogP contribution in [-0.4, -0.2) is 21.4 Å². The maximum absolute atomic E-state index is 13.0. The summed E-state index contributed by atoms with van der Waals surface area (Å²) < 4.78 is 16.1. The number of halogens is 1. The topological polar surface area (TPSA) is 78.9 Å². The van der Waals surface area contributed by atoms with Gasteiger partial charge in [-0.3, -0.25) is 9.52 Å². The van der Waals surface area contributed by atoms with E-state index < -0.39 is 0 Å². The minimum Gasteiger partial charge on any atom is -0.356 e. The Morgan fingerprint density at radius 2 is 2.04 bits per heavy atom. The number of carbonyl (C=O) groups is 1. The van der Waals surface area contributed by atoms with Crippen molar-refractivity contribution in [1.29, 1.82) is 0 Å². The summed E-state index contributed by atoms with van der Waals surface area (Å²) in [4.78, 5) is 21.9. The number of carbonyl (C=O) groups excluding carboxylic acids is 1. The second-order valence-corrected chi connectivity index (χ2v) is 8.00. The zero-order valence-corrected chi connectivity index (χ0v) is 16.4. The Balaban J connectivity index is 1.48. The summed E-state index contributed by atoms with van der Waals surface area (Å²) in [5.41, 5.74) is 2.54. The Hall–Kier alpha value is -2.78. The highest BCUT2D eigenvalue weighted by molar-refractivity contribution is 8.00. The maximum atomic E-state index is 13.0. The summed E-state index contributed by atoms with van der Waals surface area (Å²) in [6, 6.07) is 14.0. The lowest BCUT2D eigenvalue weighted by Gasteiger charge is -2.09. The third kappa shape index (κ3) is 4.37. The molecule has 2 heterocycles. The molecular formula is C19H16FN5OS2. The monoisotopic (exact) mass is 413 g/mol. The van der Waals surface area contributed by atoms with Gasteiger partial charge in [-0.1, -0.05) is 17.8 Å². The first-order chi connectivity index (χ1) is 13.6. The third-order valence-electron chi connectivity index (χ3n) is 3.87. The van der Waals surface area contributed by atoms with E-state index in [1.54, 1.807) is 30.1 Å². The molecule has 0 saturated heterocycles. The zero-order chi connectivity index (χ0) is 19.5. The molecule has 0 bridgehead atoms. The van der Waals surface area contributed by atoms with E-state index in [2.05, 4.69) is 25.3 Å². The first kappa shape index (κ1) is 18.6. The molecule has 3 aromatic rings. The van der Waals surface area contributed by atoms with E-state index in [1.165, 1.54) is 31.0 Å². The highest BCUT2D eigenvalue weighted by Gasteiger charge is 2.22. The van der Waals surface area contributed by atoms with Crippen LogP contribution in [-0.2, 0) is 4.79 Å². The van der Waals surface area contributed by atoms with Crippen molar-refractivity contribution in [2.75, 3.05) is 10.0 Å². The second kappa shape index (κ2) is 8.07. The summed E-state index contributed by atoms with van der Waals surface area (Å²) in [5, 5.41) is 6.10. The van der Waals surface area contributed by atoms with E-state index >= 15 is 0 Å². The number of hydrogen-bond donors (Lipinski definition) is 3. The third-order valence-corrected chi connectivity index (χ3v) is 5.73. The molecule has 1 aliphatic heterocycles. The predicted molar refractivity (Wildman–Crippen MR) is 110 cm³/mol. The molecule has 0 spiro atoms. The molecule has 3 N–H and O–H groups in total. The molecule has 0 fully saturated rings. The van der Waals surface area contributed by atoms with Crippen LogP contribution < -0.4 is 15.4 Å². The van der Waals surface area contributed by atoms with Gasteiger partial charge in [-0.05, 0) is 54.4 Å². The SMILES string of the molecule is CC(=O)NC1Nc2ccc(-c3ccnc(NSc4ccc(F)cc4)n3)cc2S1. The molecule has 142 valence electrons. The highest BCUT2D eigenvalue weighted by atomic mass is 32.2. The lowest BCUT2D eigenvalue weighted by molar-refractivity contribution is -0.119. The molecular weight excluding hydrogens is 397 g/mol. The predicted octanol–water partition coefficient (Wildman–Crippen LogP) is 4.34. The molecule has 6 nitrogen and oxygen atoms in total. The Bertz CT molecular complexity index is 1020. The van der Waals surface area contributed by atoms with Crippen LogP contribution in [0.5, 0.6) is 0 Å². The largest absolute Gasteiger partial charge is 0.356 e. The number of fused-ring (bicyclic) bond motifs is 1. The van der Waals surface area contributed by atoms with Gasteiger partial charge < -0.3 is 10.6 Å². The van der Waals surface area contributed by atoms with Crippen molar-refractivity contribution in [2.24, 2.45) is 0 Å². The summed E-state index contributed by atoms with van der Waals surface area (Å²) >= 11 is 2.87. The maximum Gasteiger partial charge on any atom is 0.233 e. The van der Waals surface area contributed by atoms with Gasteiger partial charge in [-0.15, -0.1) is 0 Å². The fourth-order valence-corrected chi connectivity index (χ4v) is 4.32. The minimum atomic E-state index is -0.271. The first-order valence-corrected chi connectivity index (χ1v) is 10.1. The van der Waals surface area contributed by atoms with Crippen molar-refractivity contribution >= 4 is 41.3 Å². The molecule has 1 amide bonds. The standard InChI is InChI=1S/C19H16FN5OS2/c1-11(26)22-19-24-16-7-2-12(10-17(16)27-19)15-8-9-21-18(23-15)25-28-14-5-3-13(20)4-6-14/h2-10,19,24H,1H3,(H,22,26)(H,21,23,25). The van der Waals surface area contributed by atoms with Crippen molar-refractivity contribution in [1.82, 2.24) is 15.3 Å². The Morgan fingerprint density at radius 1 is 1.21 bits per heavy atom. The van der Waals surface area contributed by atoms with Gasteiger partial charge in [0.1, 0.15) is 5.82 Å². The van der Waals surface area contributed by atoms with Gasteiger partial charge in [0, 0.05) is 28.5 Å². The normalized spacial score (nSPS) is 14.9. The molecule has 0 radical (unpaired) electrons. The van der Waals surface area contributed by atoms with Gasteiger partial charge in [0.15, 0.2) is 5.50 Å². The second-order valence-electron chi connectivity index (χ2n) is 5.98. The number of hydrogen-bond acceptors (Lipinski definition) is 7. The Morgan fingerprint density at radius 3 is 2.82 bits per heavy atom. The number of rotatable bonds is 5. The fourth-order valence-electron chi connectivity index (χ4n) is 2.62. The van der Waals surface area contributed by atoms with Crippen LogP contribution in [0.15, 0.2) is 64.5 Å². The number of anilines is 2. The van der Waals surface area contributed by atoms with E-state index in [9.17, 15) is 9.18 Å². The van der Waals surface area contributed by atoms with E-state index in [0.717, 1.165) is 26.7 Å². The fraction of sp³-hybridized carbons (Fsp3) is 0.105. The molecule has 2 aromatic carbocycles. The minimum absolute atomic E-state index is 0.0804. The lowest BCUT2D eigenvalue weighted by atomic mass is 10.1. The number of nitrogens with zero attached hydrogens (tertiary/aromatic N) is 2. The quantitative estimate of drug-likeness (QED) is 0.537. The van der Waals surface area contributed by atoms with Crippen LogP contribution in [0.1, 0.15) is 6.92 Å². The summed E-state index contributed by atoms with van der Waals surface area (Å²) in [7, 11) is 0. The van der Waals surface area contributed by atoms with Crippen LogP contribution in [0.4, 0.5) is 16.0 Å². The average molecular weight is 414 g/mol. The first-order valence-electron chi connectivity index (χ1n) is 8.43. The van der Waals surface area contributed by atoms with Crippen LogP contribution in [0.2, 0.25) is 0 Å².